The van der Waals surface area contributed by atoms with Crippen molar-refractivity contribution in [3.8, 4) is 0 Å². The third-order valence-corrected chi connectivity index (χ3v) is 2.45. The standard InChI is InChI=1S/C9H12N2O/c10-9-3-1-2-6-11(9)7-4-5-8(7)12/h1-3,6-8,10,12H,4-5H2/t7-,8-/m1/s1. The fourth-order valence-electron chi connectivity index (χ4n) is 1.53. The molecule has 1 aromatic rings. The summed E-state index contributed by atoms with van der Waals surface area (Å²) in [5, 5.41) is 17.0. The molecule has 0 amide bonds. The maximum absolute atomic E-state index is 9.38. The zero-order chi connectivity index (χ0) is 8.55. The minimum absolute atomic E-state index is 0.138. The van der Waals surface area contributed by atoms with Gasteiger partial charge in [0.15, 0.2) is 0 Å². The summed E-state index contributed by atoms with van der Waals surface area (Å²) in [7, 11) is 0. The van der Waals surface area contributed by atoms with Crippen LogP contribution in [0.4, 0.5) is 0 Å². The van der Waals surface area contributed by atoms with Crippen LogP contribution in [-0.2, 0) is 0 Å². The molecule has 1 saturated carbocycles. The second kappa shape index (κ2) is 2.75. The SMILES string of the molecule is N=c1ccccn1[C@@H]1CC[C@H]1O. The number of aromatic nitrogens is 1. The maximum Gasteiger partial charge on any atom is 0.124 e. The molecule has 0 unspecified atom stereocenters. The third kappa shape index (κ3) is 1.06. The van der Waals surface area contributed by atoms with E-state index in [1.807, 2.05) is 22.9 Å². The zero-order valence-electron chi connectivity index (χ0n) is 6.77. The molecule has 0 radical (unpaired) electrons. The lowest BCUT2D eigenvalue weighted by Gasteiger charge is -2.34. The molecule has 0 aromatic carbocycles. The molecule has 1 heterocycles. The molecule has 1 aliphatic rings. The van der Waals surface area contributed by atoms with Gasteiger partial charge in [-0.2, -0.15) is 0 Å². The Morgan fingerprint density at radius 2 is 2.25 bits per heavy atom. The van der Waals surface area contributed by atoms with Crippen molar-refractivity contribution in [1.29, 1.82) is 5.41 Å². The van der Waals surface area contributed by atoms with Gasteiger partial charge in [-0.05, 0) is 25.0 Å². The second-order valence-corrected chi connectivity index (χ2v) is 3.21. The number of aliphatic hydroxyl groups is 1. The van der Waals surface area contributed by atoms with E-state index < -0.39 is 0 Å². The summed E-state index contributed by atoms with van der Waals surface area (Å²) in [6.45, 7) is 0. The van der Waals surface area contributed by atoms with E-state index in [9.17, 15) is 5.11 Å². The van der Waals surface area contributed by atoms with E-state index in [1.54, 1.807) is 6.07 Å². The van der Waals surface area contributed by atoms with Crippen molar-refractivity contribution in [2.45, 2.75) is 25.0 Å². The average Bonchev–Trinajstić information content (AvgIpc) is 2.06. The van der Waals surface area contributed by atoms with Crippen molar-refractivity contribution >= 4 is 0 Å². The van der Waals surface area contributed by atoms with Crippen LogP contribution in [0.5, 0.6) is 0 Å². The van der Waals surface area contributed by atoms with E-state index in [0.717, 1.165) is 12.8 Å². The predicted molar refractivity (Wildman–Crippen MR) is 44.6 cm³/mol. The second-order valence-electron chi connectivity index (χ2n) is 3.21. The summed E-state index contributed by atoms with van der Waals surface area (Å²) in [4.78, 5) is 0. The van der Waals surface area contributed by atoms with E-state index in [2.05, 4.69) is 0 Å². The lowest BCUT2D eigenvalue weighted by molar-refractivity contribution is 0.0292. The van der Waals surface area contributed by atoms with Crippen molar-refractivity contribution < 1.29 is 5.11 Å². The highest BCUT2D eigenvalue weighted by atomic mass is 16.3. The average molecular weight is 164 g/mol. The molecule has 0 aliphatic heterocycles. The van der Waals surface area contributed by atoms with Crippen LogP contribution in [0, 0.1) is 5.41 Å². The lowest BCUT2D eigenvalue weighted by atomic mass is 9.89. The summed E-state index contributed by atoms with van der Waals surface area (Å²) in [5.74, 6) is 0. The fraction of sp³-hybridized carbons (Fsp3) is 0.444. The number of nitrogens with one attached hydrogen (secondary N) is 1. The number of nitrogens with zero attached hydrogens (tertiary/aromatic N) is 1. The summed E-state index contributed by atoms with van der Waals surface area (Å²) in [5.41, 5.74) is 0.473. The Balaban J connectivity index is 2.34. The molecule has 3 nitrogen and oxygen atoms in total. The van der Waals surface area contributed by atoms with Gasteiger partial charge in [-0.3, -0.25) is 5.41 Å². The van der Waals surface area contributed by atoms with Gasteiger partial charge >= 0.3 is 0 Å². The Morgan fingerprint density at radius 3 is 2.75 bits per heavy atom. The minimum atomic E-state index is -0.249. The lowest BCUT2D eigenvalue weighted by Crippen LogP contribution is -2.38. The Hall–Kier alpha value is -1.09. The Labute approximate surface area is 70.8 Å². The molecule has 2 N–H and O–H groups in total. The highest BCUT2D eigenvalue weighted by Crippen LogP contribution is 2.30. The largest absolute Gasteiger partial charge is 0.391 e. The summed E-state index contributed by atoms with van der Waals surface area (Å²) in [6.07, 6.45) is 3.46. The quantitative estimate of drug-likeness (QED) is 0.629. The van der Waals surface area contributed by atoms with Crippen LogP contribution in [0.2, 0.25) is 0 Å². The first-order valence-electron chi connectivity index (χ1n) is 4.19. The van der Waals surface area contributed by atoms with Gasteiger partial charge in [0, 0.05) is 6.20 Å². The molecule has 0 saturated heterocycles. The number of aliphatic hydroxyl groups excluding tert-OH is 1. The first-order valence-corrected chi connectivity index (χ1v) is 4.19. The van der Waals surface area contributed by atoms with Crippen LogP contribution in [0.15, 0.2) is 24.4 Å². The highest BCUT2D eigenvalue weighted by Gasteiger charge is 2.29. The van der Waals surface area contributed by atoms with E-state index in [1.165, 1.54) is 0 Å². The van der Waals surface area contributed by atoms with E-state index in [0.29, 0.717) is 5.49 Å². The van der Waals surface area contributed by atoms with Crippen LogP contribution in [0.3, 0.4) is 0 Å². The van der Waals surface area contributed by atoms with E-state index in [-0.39, 0.29) is 12.1 Å². The van der Waals surface area contributed by atoms with Gasteiger partial charge in [-0.15, -0.1) is 0 Å². The van der Waals surface area contributed by atoms with Crippen molar-refractivity contribution in [3.63, 3.8) is 0 Å². The summed E-state index contributed by atoms with van der Waals surface area (Å²) in [6, 6.07) is 5.61. The van der Waals surface area contributed by atoms with Crippen molar-refractivity contribution in [1.82, 2.24) is 4.57 Å². The van der Waals surface area contributed by atoms with Crippen LogP contribution >= 0.6 is 0 Å². The molecular formula is C9H12N2O. The Morgan fingerprint density at radius 1 is 1.42 bits per heavy atom. The van der Waals surface area contributed by atoms with Crippen LogP contribution in [0.25, 0.3) is 0 Å². The van der Waals surface area contributed by atoms with Gasteiger partial charge in [0.1, 0.15) is 5.49 Å². The Kier molecular flexibility index (Phi) is 1.73. The molecule has 1 fully saturated rings. The molecule has 0 spiro atoms. The maximum atomic E-state index is 9.38. The summed E-state index contributed by atoms with van der Waals surface area (Å²) >= 11 is 0. The molecule has 2 atom stereocenters. The van der Waals surface area contributed by atoms with Gasteiger partial charge in [0.25, 0.3) is 0 Å². The smallest absolute Gasteiger partial charge is 0.124 e. The Bertz CT molecular complexity index is 331. The fourth-order valence-corrected chi connectivity index (χ4v) is 1.53. The topological polar surface area (TPSA) is 49.0 Å². The molecular weight excluding hydrogens is 152 g/mol. The number of hydrogen-bond donors (Lipinski definition) is 2. The number of rotatable bonds is 1. The van der Waals surface area contributed by atoms with Gasteiger partial charge in [-0.1, -0.05) is 6.07 Å². The first-order chi connectivity index (χ1) is 5.79. The zero-order valence-corrected chi connectivity index (χ0v) is 6.77. The van der Waals surface area contributed by atoms with Gasteiger partial charge in [0.05, 0.1) is 12.1 Å². The van der Waals surface area contributed by atoms with E-state index >= 15 is 0 Å². The van der Waals surface area contributed by atoms with Crippen molar-refractivity contribution in [3.05, 3.63) is 29.9 Å². The van der Waals surface area contributed by atoms with Crippen molar-refractivity contribution in [2.75, 3.05) is 0 Å². The molecule has 2 rings (SSSR count). The molecule has 3 heteroatoms. The number of hydrogen-bond acceptors (Lipinski definition) is 2. The summed E-state index contributed by atoms with van der Waals surface area (Å²) < 4.78 is 1.83. The number of pyridine rings is 1. The highest BCUT2D eigenvalue weighted by molar-refractivity contribution is 4.97. The van der Waals surface area contributed by atoms with Gasteiger partial charge in [0.2, 0.25) is 0 Å². The van der Waals surface area contributed by atoms with Crippen LogP contribution < -0.4 is 5.49 Å². The molecule has 12 heavy (non-hydrogen) atoms. The molecule has 64 valence electrons. The minimum Gasteiger partial charge on any atom is -0.391 e. The third-order valence-electron chi connectivity index (χ3n) is 2.45. The van der Waals surface area contributed by atoms with Gasteiger partial charge in [-0.25, -0.2) is 0 Å². The first kappa shape index (κ1) is 7.55. The molecule has 1 aromatic heterocycles. The molecule has 0 bridgehead atoms. The van der Waals surface area contributed by atoms with Crippen molar-refractivity contribution in [2.24, 2.45) is 0 Å². The monoisotopic (exact) mass is 164 g/mol. The van der Waals surface area contributed by atoms with Crippen LogP contribution in [-0.4, -0.2) is 15.8 Å². The van der Waals surface area contributed by atoms with E-state index in [4.69, 9.17) is 5.41 Å². The molecule has 1 aliphatic carbocycles. The normalized spacial score (nSPS) is 28.1. The van der Waals surface area contributed by atoms with Crippen LogP contribution in [0.1, 0.15) is 18.9 Å². The predicted octanol–water partition coefficient (Wildman–Crippen LogP) is 0.663. The van der Waals surface area contributed by atoms with Gasteiger partial charge < -0.3 is 9.67 Å².